The summed E-state index contributed by atoms with van der Waals surface area (Å²) in [7, 11) is 0. The van der Waals surface area contributed by atoms with E-state index in [0.29, 0.717) is 0 Å². The van der Waals surface area contributed by atoms with Crippen molar-refractivity contribution in [2.24, 2.45) is 0 Å². The van der Waals surface area contributed by atoms with E-state index >= 15 is 0 Å². The van der Waals surface area contributed by atoms with Crippen LogP contribution in [0.5, 0.6) is 0 Å². The molecule has 4 aromatic rings. The first-order valence-electron chi connectivity index (χ1n) is 9.26. The molecule has 0 radical (unpaired) electrons. The van der Waals surface area contributed by atoms with Crippen LogP contribution < -0.4 is 5.73 Å². The average Bonchev–Trinajstić information content (AvgIpc) is 3.04. The smallest absolute Gasteiger partial charge is 0.159 e. The summed E-state index contributed by atoms with van der Waals surface area (Å²) in [5, 5.41) is 1.30. The minimum Gasteiger partial charge on any atom is -0.399 e. The van der Waals surface area contributed by atoms with Gasteiger partial charge < -0.3 is 5.73 Å². The van der Waals surface area contributed by atoms with Crippen molar-refractivity contribution in [2.45, 2.75) is 19.5 Å². The standard InChI is InChI=1S/C22H19BrN4S/c23-21-17-3-1-2-4-19(17)28-20(21)13-27-10-9-15-11-25-22(26-18(15)12-27)14-5-7-16(24)8-6-14/h1-8,11H,9-10,12-13,24H2. The van der Waals surface area contributed by atoms with Gasteiger partial charge in [-0.25, -0.2) is 9.97 Å². The van der Waals surface area contributed by atoms with Crippen molar-refractivity contribution >= 4 is 43.0 Å². The molecule has 2 aromatic carbocycles. The second-order valence-electron chi connectivity index (χ2n) is 7.08. The molecule has 2 aromatic heterocycles. The molecular weight excluding hydrogens is 432 g/mol. The van der Waals surface area contributed by atoms with Crippen molar-refractivity contribution in [2.75, 3.05) is 12.3 Å². The molecule has 4 nitrogen and oxygen atoms in total. The topological polar surface area (TPSA) is 55.0 Å². The van der Waals surface area contributed by atoms with Crippen molar-refractivity contribution in [1.29, 1.82) is 0 Å². The van der Waals surface area contributed by atoms with Crippen LogP contribution in [-0.4, -0.2) is 21.4 Å². The number of benzene rings is 2. The zero-order valence-electron chi connectivity index (χ0n) is 15.2. The molecule has 0 atom stereocenters. The van der Waals surface area contributed by atoms with Crippen LogP contribution in [0.3, 0.4) is 0 Å². The molecular formula is C22H19BrN4S. The van der Waals surface area contributed by atoms with Crippen molar-refractivity contribution in [3.05, 3.63) is 75.3 Å². The molecule has 3 heterocycles. The monoisotopic (exact) mass is 450 g/mol. The summed E-state index contributed by atoms with van der Waals surface area (Å²) in [6.45, 7) is 2.80. The third kappa shape index (κ3) is 3.32. The molecule has 0 fully saturated rings. The number of halogens is 1. The van der Waals surface area contributed by atoms with Gasteiger partial charge in [-0.1, -0.05) is 18.2 Å². The minimum atomic E-state index is 0.752. The number of hydrogen-bond acceptors (Lipinski definition) is 5. The molecule has 0 unspecified atom stereocenters. The first-order chi connectivity index (χ1) is 13.7. The number of thiophene rings is 1. The average molecular weight is 451 g/mol. The normalized spacial score (nSPS) is 14.3. The Bertz CT molecular complexity index is 1150. The number of nitrogen functional groups attached to an aromatic ring is 1. The van der Waals surface area contributed by atoms with Crippen LogP contribution in [-0.2, 0) is 19.5 Å². The van der Waals surface area contributed by atoms with Gasteiger partial charge in [-0.3, -0.25) is 4.90 Å². The summed E-state index contributed by atoms with van der Waals surface area (Å²) < 4.78 is 2.55. The Kier molecular flexibility index (Phi) is 4.62. The third-order valence-electron chi connectivity index (χ3n) is 5.16. The molecule has 0 amide bonds. The van der Waals surface area contributed by atoms with Crippen molar-refractivity contribution < 1.29 is 0 Å². The Balaban J connectivity index is 1.40. The highest BCUT2D eigenvalue weighted by Gasteiger charge is 2.21. The molecule has 1 aliphatic rings. The van der Waals surface area contributed by atoms with E-state index in [9.17, 15) is 0 Å². The zero-order valence-corrected chi connectivity index (χ0v) is 17.6. The van der Waals surface area contributed by atoms with E-state index in [1.807, 2.05) is 41.8 Å². The van der Waals surface area contributed by atoms with Gasteiger partial charge in [0.05, 0.1) is 5.69 Å². The lowest BCUT2D eigenvalue weighted by molar-refractivity contribution is 0.243. The van der Waals surface area contributed by atoms with Gasteiger partial charge >= 0.3 is 0 Å². The van der Waals surface area contributed by atoms with Gasteiger partial charge in [0.2, 0.25) is 0 Å². The lowest BCUT2D eigenvalue weighted by Gasteiger charge is -2.27. The molecule has 0 bridgehead atoms. The molecule has 5 rings (SSSR count). The van der Waals surface area contributed by atoms with Crippen LogP contribution in [0.15, 0.2) is 59.2 Å². The zero-order chi connectivity index (χ0) is 19.1. The van der Waals surface area contributed by atoms with Crippen LogP contribution in [0, 0.1) is 0 Å². The summed E-state index contributed by atoms with van der Waals surface area (Å²) in [5.74, 6) is 0.767. The fourth-order valence-corrected chi connectivity index (χ4v) is 5.62. The van der Waals surface area contributed by atoms with E-state index in [1.54, 1.807) is 0 Å². The SMILES string of the molecule is Nc1ccc(-c2ncc3c(n2)CN(Cc2sc4ccccc4c2Br)CC3)cc1. The quantitative estimate of drug-likeness (QED) is 0.432. The summed E-state index contributed by atoms with van der Waals surface area (Å²) in [4.78, 5) is 13.3. The van der Waals surface area contributed by atoms with E-state index in [2.05, 4.69) is 50.1 Å². The summed E-state index contributed by atoms with van der Waals surface area (Å²) in [6, 6.07) is 16.3. The predicted octanol–water partition coefficient (Wildman–Crippen LogP) is 5.26. The maximum absolute atomic E-state index is 5.80. The second-order valence-corrected chi connectivity index (χ2v) is 9.01. The molecule has 0 saturated carbocycles. The van der Waals surface area contributed by atoms with E-state index in [1.165, 1.54) is 25.0 Å². The number of hydrogen-bond donors (Lipinski definition) is 1. The molecule has 0 saturated heterocycles. The largest absolute Gasteiger partial charge is 0.399 e. The van der Waals surface area contributed by atoms with E-state index in [0.717, 1.165) is 48.8 Å². The van der Waals surface area contributed by atoms with Crippen molar-refractivity contribution in [1.82, 2.24) is 14.9 Å². The lowest BCUT2D eigenvalue weighted by atomic mass is 10.1. The first kappa shape index (κ1) is 17.8. The fourth-order valence-electron chi connectivity index (χ4n) is 3.63. The number of rotatable bonds is 3. The van der Waals surface area contributed by atoms with Crippen LogP contribution in [0.1, 0.15) is 16.1 Å². The predicted molar refractivity (Wildman–Crippen MR) is 119 cm³/mol. The van der Waals surface area contributed by atoms with Crippen molar-refractivity contribution in [3.63, 3.8) is 0 Å². The Labute approximate surface area is 176 Å². The van der Waals surface area contributed by atoms with Gasteiger partial charge in [-0.05, 0) is 58.2 Å². The molecule has 6 heteroatoms. The first-order valence-corrected chi connectivity index (χ1v) is 10.9. The van der Waals surface area contributed by atoms with Gasteiger partial charge in [0.15, 0.2) is 5.82 Å². The molecule has 140 valence electrons. The Morgan fingerprint density at radius 1 is 1.11 bits per heavy atom. The highest BCUT2D eigenvalue weighted by Crippen LogP contribution is 2.36. The number of nitrogens with zero attached hydrogens (tertiary/aromatic N) is 3. The fraction of sp³-hybridized carbons (Fsp3) is 0.182. The molecule has 1 aliphatic heterocycles. The second kappa shape index (κ2) is 7.28. The maximum Gasteiger partial charge on any atom is 0.159 e. The summed E-state index contributed by atoms with van der Waals surface area (Å²) >= 11 is 5.67. The Morgan fingerprint density at radius 2 is 1.93 bits per heavy atom. The van der Waals surface area contributed by atoms with Crippen LogP contribution in [0.2, 0.25) is 0 Å². The Morgan fingerprint density at radius 3 is 2.75 bits per heavy atom. The van der Waals surface area contributed by atoms with Crippen LogP contribution >= 0.6 is 27.3 Å². The van der Waals surface area contributed by atoms with E-state index in [4.69, 9.17) is 10.7 Å². The van der Waals surface area contributed by atoms with Crippen LogP contribution in [0.25, 0.3) is 21.5 Å². The molecule has 2 N–H and O–H groups in total. The van der Waals surface area contributed by atoms with Crippen molar-refractivity contribution in [3.8, 4) is 11.4 Å². The Hall–Kier alpha value is -2.28. The van der Waals surface area contributed by atoms with Gasteiger partial charge in [0.25, 0.3) is 0 Å². The molecule has 0 aliphatic carbocycles. The summed E-state index contributed by atoms with van der Waals surface area (Å²) in [5.41, 5.74) is 9.94. The number of aromatic nitrogens is 2. The van der Waals surface area contributed by atoms with Gasteiger partial charge in [0, 0.05) is 56.5 Å². The molecule has 28 heavy (non-hydrogen) atoms. The van der Waals surface area contributed by atoms with E-state index < -0.39 is 0 Å². The maximum atomic E-state index is 5.80. The van der Waals surface area contributed by atoms with Gasteiger partial charge in [-0.2, -0.15) is 0 Å². The highest BCUT2D eigenvalue weighted by atomic mass is 79.9. The lowest BCUT2D eigenvalue weighted by Crippen LogP contribution is -2.30. The molecule has 0 spiro atoms. The van der Waals surface area contributed by atoms with Gasteiger partial charge in [-0.15, -0.1) is 11.3 Å². The highest BCUT2D eigenvalue weighted by molar-refractivity contribution is 9.10. The number of nitrogens with two attached hydrogens (primary N) is 1. The summed E-state index contributed by atoms with van der Waals surface area (Å²) in [6.07, 6.45) is 2.97. The van der Waals surface area contributed by atoms with Crippen LogP contribution in [0.4, 0.5) is 5.69 Å². The van der Waals surface area contributed by atoms with E-state index in [-0.39, 0.29) is 0 Å². The number of anilines is 1. The van der Waals surface area contributed by atoms with Gasteiger partial charge in [0.1, 0.15) is 0 Å². The minimum absolute atomic E-state index is 0.752. The third-order valence-corrected chi connectivity index (χ3v) is 7.49. The number of fused-ring (bicyclic) bond motifs is 2.